The zero-order valence-electron chi connectivity index (χ0n) is 14.4. The lowest BCUT2D eigenvalue weighted by Gasteiger charge is -2.27. The third kappa shape index (κ3) is 3.94. The molecule has 2 unspecified atom stereocenters. The molecule has 5 nitrogen and oxygen atoms in total. The molecule has 1 aliphatic rings. The molecule has 0 spiro atoms. The van der Waals surface area contributed by atoms with E-state index in [9.17, 15) is 9.90 Å². The summed E-state index contributed by atoms with van der Waals surface area (Å²) in [7, 11) is 1.49. The summed E-state index contributed by atoms with van der Waals surface area (Å²) in [6, 6.07) is 12.6. The van der Waals surface area contributed by atoms with E-state index in [0.717, 1.165) is 24.8 Å². The van der Waals surface area contributed by atoms with Crippen LogP contribution in [0.3, 0.4) is 0 Å². The predicted octanol–water partition coefficient (Wildman–Crippen LogP) is 2.46. The lowest BCUT2D eigenvalue weighted by molar-refractivity contribution is -0.123. The molecule has 0 aliphatic heterocycles. The topological polar surface area (TPSA) is 84.6 Å². The minimum atomic E-state index is -0.650. The van der Waals surface area contributed by atoms with Crippen molar-refractivity contribution in [1.29, 1.82) is 0 Å². The molecule has 0 saturated heterocycles. The monoisotopic (exact) mass is 340 g/mol. The molecule has 1 amide bonds. The molecule has 2 aromatic rings. The number of aromatic hydroxyl groups is 1. The summed E-state index contributed by atoms with van der Waals surface area (Å²) in [4.78, 5) is 12.5. The standard InChI is InChI=1S/C20H24N2O3/c1-25-19-12-13(9-10-18(19)23)11-16(21)20(24)22-17-8-4-6-14-5-2-3-7-15(14)17/h2-3,5,7,9-10,12,16-17,23H,4,6,8,11,21H2,1H3,(H,22,24). The molecular weight excluding hydrogens is 316 g/mol. The molecule has 0 heterocycles. The molecular formula is C20H24N2O3. The van der Waals surface area contributed by atoms with Gasteiger partial charge in [0.05, 0.1) is 19.2 Å². The highest BCUT2D eigenvalue weighted by molar-refractivity contribution is 5.82. The number of hydrogen-bond acceptors (Lipinski definition) is 4. The number of nitrogens with one attached hydrogen (secondary N) is 1. The first kappa shape index (κ1) is 17.3. The van der Waals surface area contributed by atoms with Crippen molar-refractivity contribution < 1.29 is 14.6 Å². The summed E-state index contributed by atoms with van der Waals surface area (Å²) in [6.45, 7) is 0. The van der Waals surface area contributed by atoms with Crippen molar-refractivity contribution in [2.45, 2.75) is 37.8 Å². The summed E-state index contributed by atoms with van der Waals surface area (Å²) in [5, 5.41) is 12.7. The first-order valence-electron chi connectivity index (χ1n) is 8.58. The van der Waals surface area contributed by atoms with E-state index in [1.807, 2.05) is 12.1 Å². The Hall–Kier alpha value is -2.53. The number of rotatable bonds is 5. The smallest absolute Gasteiger partial charge is 0.237 e. The van der Waals surface area contributed by atoms with Crippen LogP contribution in [0.2, 0.25) is 0 Å². The van der Waals surface area contributed by atoms with E-state index in [2.05, 4.69) is 17.4 Å². The van der Waals surface area contributed by atoms with Crippen LogP contribution in [0.5, 0.6) is 11.5 Å². The quantitative estimate of drug-likeness (QED) is 0.781. The lowest BCUT2D eigenvalue weighted by Crippen LogP contribution is -2.44. The summed E-state index contributed by atoms with van der Waals surface area (Å²) in [5.74, 6) is 0.295. The Morgan fingerprint density at radius 1 is 1.36 bits per heavy atom. The number of ether oxygens (including phenoxy) is 1. The number of carbonyl (C=O) groups is 1. The normalized spacial score (nSPS) is 17.4. The average molecular weight is 340 g/mol. The number of aryl methyl sites for hydroxylation is 1. The number of phenols is 1. The van der Waals surface area contributed by atoms with Gasteiger partial charge in [-0.2, -0.15) is 0 Å². The molecule has 132 valence electrons. The fourth-order valence-electron chi connectivity index (χ4n) is 3.38. The minimum Gasteiger partial charge on any atom is -0.504 e. The summed E-state index contributed by atoms with van der Waals surface area (Å²) in [5.41, 5.74) is 9.45. The van der Waals surface area contributed by atoms with Crippen molar-refractivity contribution in [1.82, 2.24) is 5.32 Å². The molecule has 5 heteroatoms. The van der Waals surface area contributed by atoms with E-state index < -0.39 is 6.04 Å². The van der Waals surface area contributed by atoms with Gasteiger partial charge in [0, 0.05) is 0 Å². The Morgan fingerprint density at radius 2 is 2.16 bits per heavy atom. The Kier molecular flexibility index (Phi) is 5.24. The zero-order valence-corrected chi connectivity index (χ0v) is 14.4. The van der Waals surface area contributed by atoms with Crippen molar-refractivity contribution in [2.24, 2.45) is 5.73 Å². The number of fused-ring (bicyclic) bond motifs is 1. The van der Waals surface area contributed by atoms with Gasteiger partial charge in [-0.1, -0.05) is 30.3 Å². The third-order valence-electron chi connectivity index (χ3n) is 4.72. The van der Waals surface area contributed by atoms with Crippen LogP contribution in [0.15, 0.2) is 42.5 Å². The lowest BCUT2D eigenvalue weighted by atomic mass is 9.87. The second kappa shape index (κ2) is 7.57. The summed E-state index contributed by atoms with van der Waals surface area (Å²) >= 11 is 0. The van der Waals surface area contributed by atoms with Gasteiger partial charge in [0.25, 0.3) is 0 Å². The van der Waals surface area contributed by atoms with Crippen LogP contribution in [-0.2, 0) is 17.6 Å². The fraction of sp³-hybridized carbons (Fsp3) is 0.350. The Bertz CT molecular complexity index is 760. The Morgan fingerprint density at radius 3 is 2.96 bits per heavy atom. The van der Waals surface area contributed by atoms with Gasteiger partial charge >= 0.3 is 0 Å². The van der Waals surface area contributed by atoms with E-state index in [1.165, 1.54) is 18.2 Å². The predicted molar refractivity (Wildman–Crippen MR) is 96.6 cm³/mol. The van der Waals surface area contributed by atoms with Gasteiger partial charge in [0.15, 0.2) is 11.5 Å². The van der Waals surface area contributed by atoms with E-state index in [1.54, 1.807) is 18.2 Å². The molecule has 25 heavy (non-hydrogen) atoms. The SMILES string of the molecule is COc1cc(CC(N)C(=O)NC2CCCc3ccccc32)ccc1O. The highest BCUT2D eigenvalue weighted by atomic mass is 16.5. The van der Waals surface area contributed by atoms with E-state index >= 15 is 0 Å². The zero-order chi connectivity index (χ0) is 17.8. The van der Waals surface area contributed by atoms with Crippen LogP contribution in [0, 0.1) is 0 Å². The van der Waals surface area contributed by atoms with Crippen LogP contribution in [0.25, 0.3) is 0 Å². The number of hydrogen-bond donors (Lipinski definition) is 3. The first-order chi connectivity index (χ1) is 12.1. The average Bonchev–Trinajstić information content (AvgIpc) is 2.63. The first-order valence-corrected chi connectivity index (χ1v) is 8.58. The van der Waals surface area contributed by atoms with Gasteiger partial charge < -0.3 is 20.9 Å². The van der Waals surface area contributed by atoms with Gasteiger partial charge in [0.1, 0.15) is 0 Å². The Labute approximate surface area is 147 Å². The van der Waals surface area contributed by atoms with E-state index in [4.69, 9.17) is 10.5 Å². The van der Waals surface area contributed by atoms with Crippen LogP contribution < -0.4 is 15.8 Å². The van der Waals surface area contributed by atoms with Crippen molar-refractivity contribution >= 4 is 5.91 Å². The van der Waals surface area contributed by atoms with Gasteiger partial charge in [-0.15, -0.1) is 0 Å². The summed E-state index contributed by atoms with van der Waals surface area (Å²) < 4.78 is 5.10. The van der Waals surface area contributed by atoms with Crippen LogP contribution in [0.4, 0.5) is 0 Å². The van der Waals surface area contributed by atoms with Gasteiger partial charge in [-0.05, 0) is 54.5 Å². The molecule has 0 bridgehead atoms. The minimum absolute atomic E-state index is 0.0258. The van der Waals surface area contributed by atoms with Crippen molar-refractivity contribution in [3.05, 3.63) is 59.2 Å². The number of phenolic OH excluding ortho intramolecular Hbond substituents is 1. The van der Waals surface area contributed by atoms with Crippen molar-refractivity contribution in [2.75, 3.05) is 7.11 Å². The second-order valence-corrected chi connectivity index (χ2v) is 6.47. The molecule has 2 atom stereocenters. The second-order valence-electron chi connectivity index (χ2n) is 6.47. The van der Waals surface area contributed by atoms with E-state index in [0.29, 0.717) is 12.2 Å². The molecule has 1 aliphatic carbocycles. The van der Waals surface area contributed by atoms with Crippen LogP contribution in [-0.4, -0.2) is 24.2 Å². The maximum absolute atomic E-state index is 12.5. The maximum atomic E-state index is 12.5. The molecule has 4 N–H and O–H groups in total. The number of benzene rings is 2. The van der Waals surface area contributed by atoms with Crippen LogP contribution >= 0.6 is 0 Å². The fourth-order valence-corrected chi connectivity index (χ4v) is 3.38. The highest BCUT2D eigenvalue weighted by Gasteiger charge is 2.24. The number of carbonyl (C=O) groups excluding carboxylic acids is 1. The van der Waals surface area contributed by atoms with Crippen LogP contribution in [0.1, 0.15) is 35.6 Å². The van der Waals surface area contributed by atoms with Gasteiger partial charge in [0.2, 0.25) is 5.91 Å². The van der Waals surface area contributed by atoms with Crippen molar-refractivity contribution in [3.8, 4) is 11.5 Å². The highest BCUT2D eigenvalue weighted by Crippen LogP contribution is 2.30. The third-order valence-corrected chi connectivity index (χ3v) is 4.72. The largest absolute Gasteiger partial charge is 0.504 e. The van der Waals surface area contributed by atoms with E-state index in [-0.39, 0.29) is 17.7 Å². The molecule has 0 aromatic heterocycles. The van der Waals surface area contributed by atoms with Gasteiger partial charge in [-0.3, -0.25) is 4.79 Å². The molecule has 0 radical (unpaired) electrons. The van der Waals surface area contributed by atoms with Gasteiger partial charge in [-0.25, -0.2) is 0 Å². The number of amides is 1. The molecule has 0 saturated carbocycles. The molecule has 0 fully saturated rings. The molecule has 2 aromatic carbocycles. The summed E-state index contributed by atoms with van der Waals surface area (Å²) in [6.07, 6.45) is 3.44. The maximum Gasteiger partial charge on any atom is 0.237 e. The number of methoxy groups -OCH3 is 1. The Balaban J connectivity index is 1.66. The molecule has 3 rings (SSSR count). The number of nitrogens with two attached hydrogens (primary N) is 1. The van der Waals surface area contributed by atoms with Crippen molar-refractivity contribution in [3.63, 3.8) is 0 Å².